The lowest BCUT2D eigenvalue weighted by atomic mass is 10.0. The monoisotopic (exact) mass is 420 g/mol. The van der Waals surface area contributed by atoms with Crippen LogP contribution in [0.4, 0.5) is 4.39 Å². The SMILES string of the molecule is CCCCc1ccc(-c2ccc(C#Cc3ccc4c(F)c(CCC)ccc4c3)cc2)cc1. The summed E-state index contributed by atoms with van der Waals surface area (Å²) in [5.74, 6) is 6.37. The predicted molar refractivity (Wildman–Crippen MR) is 134 cm³/mol. The molecule has 4 rings (SSSR count). The van der Waals surface area contributed by atoms with Gasteiger partial charge >= 0.3 is 0 Å². The Bertz CT molecular complexity index is 1250. The zero-order valence-corrected chi connectivity index (χ0v) is 18.9. The summed E-state index contributed by atoms with van der Waals surface area (Å²) in [6.45, 7) is 4.29. The van der Waals surface area contributed by atoms with Crippen molar-refractivity contribution in [2.75, 3.05) is 0 Å². The van der Waals surface area contributed by atoms with Gasteiger partial charge in [0.25, 0.3) is 0 Å². The molecule has 0 amide bonds. The van der Waals surface area contributed by atoms with Gasteiger partial charge in [-0.1, -0.05) is 93.1 Å². The third-order valence-electron chi connectivity index (χ3n) is 5.90. The molecule has 0 aliphatic rings. The van der Waals surface area contributed by atoms with Gasteiger partial charge in [-0.05, 0) is 71.2 Å². The van der Waals surface area contributed by atoms with Gasteiger partial charge in [-0.3, -0.25) is 0 Å². The number of hydrogen-bond acceptors (Lipinski definition) is 0. The number of aryl methyl sites for hydroxylation is 2. The van der Waals surface area contributed by atoms with Crippen molar-refractivity contribution in [2.45, 2.75) is 46.0 Å². The van der Waals surface area contributed by atoms with Gasteiger partial charge in [0.15, 0.2) is 0 Å². The van der Waals surface area contributed by atoms with E-state index in [9.17, 15) is 4.39 Å². The van der Waals surface area contributed by atoms with E-state index in [1.54, 1.807) is 0 Å². The van der Waals surface area contributed by atoms with Crippen LogP contribution in [0.25, 0.3) is 21.9 Å². The maximum Gasteiger partial charge on any atom is 0.134 e. The first-order chi connectivity index (χ1) is 15.7. The van der Waals surface area contributed by atoms with Gasteiger partial charge in [0, 0.05) is 16.5 Å². The molecule has 160 valence electrons. The smallest absolute Gasteiger partial charge is 0.134 e. The minimum Gasteiger partial charge on any atom is -0.206 e. The molecule has 0 aliphatic carbocycles. The largest absolute Gasteiger partial charge is 0.206 e. The highest BCUT2D eigenvalue weighted by Crippen LogP contribution is 2.24. The minimum atomic E-state index is -0.0992. The van der Waals surface area contributed by atoms with Crippen molar-refractivity contribution < 1.29 is 4.39 Å². The molecule has 0 aromatic heterocycles. The third-order valence-corrected chi connectivity index (χ3v) is 5.90. The third kappa shape index (κ3) is 5.09. The number of fused-ring (bicyclic) bond motifs is 1. The number of halogens is 1. The van der Waals surface area contributed by atoms with Gasteiger partial charge in [0.05, 0.1) is 0 Å². The lowest BCUT2D eigenvalue weighted by Crippen LogP contribution is -1.91. The van der Waals surface area contributed by atoms with E-state index >= 15 is 0 Å². The van der Waals surface area contributed by atoms with Crippen LogP contribution in [-0.2, 0) is 12.8 Å². The van der Waals surface area contributed by atoms with E-state index in [-0.39, 0.29) is 5.82 Å². The first-order valence-electron chi connectivity index (χ1n) is 11.6. The highest BCUT2D eigenvalue weighted by Gasteiger charge is 2.07. The Balaban J connectivity index is 1.50. The lowest BCUT2D eigenvalue weighted by Gasteiger charge is -2.06. The minimum absolute atomic E-state index is 0.0992. The van der Waals surface area contributed by atoms with Crippen LogP contribution in [0.1, 0.15) is 55.4 Å². The van der Waals surface area contributed by atoms with Gasteiger partial charge in [0.2, 0.25) is 0 Å². The van der Waals surface area contributed by atoms with Gasteiger partial charge in [-0.25, -0.2) is 4.39 Å². The van der Waals surface area contributed by atoms with Gasteiger partial charge in [0.1, 0.15) is 5.82 Å². The Morgan fingerprint density at radius 1 is 0.656 bits per heavy atom. The zero-order valence-electron chi connectivity index (χ0n) is 18.9. The Hall–Kier alpha value is -3.37. The first kappa shape index (κ1) is 21.8. The van der Waals surface area contributed by atoms with E-state index in [1.807, 2.05) is 30.3 Å². The van der Waals surface area contributed by atoms with Crippen molar-refractivity contribution in [1.82, 2.24) is 0 Å². The summed E-state index contributed by atoms with van der Waals surface area (Å²) in [6.07, 6.45) is 5.31. The molecule has 0 saturated carbocycles. The lowest BCUT2D eigenvalue weighted by molar-refractivity contribution is 0.619. The maximum absolute atomic E-state index is 14.7. The van der Waals surface area contributed by atoms with E-state index in [1.165, 1.54) is 29.5 Å². The van der Waals surface area contributed by atoms with Crippen LogP contribution in [0.3, 0.4) is 0 Å². The van der Waals surface area contributed by atoms with Crippen molar-refractivity contribution in [2.24, 2.45) is 0 Å². The molecular formula is C31H29F. The Kier molecular flexibility index (Phi) is 7.03. The average Bonchev–Trinajstić information content (AvgIpc) is 2.84. The quantitative estimate of drug-likeness (QED) is 0.275. The van der Waals surface area contributed by atoms with Crippen LogP contribution in [0, 0.1) is 17.7 Å². The molecule has 32 heavy (non-hydrogen) atoms. The highest BCUT2D eigenvalue weighted by atomic mass is 19.1. The fourth-order valence-corrected chi connectivity index (χ4v) is 4.01. The Morgan fingerprint density at radius 3 is 2.00 bits per heavy atom. The molecule has 0 bridgehead atoms. The Morgan fingerprint density at radius 2 is 1.31 bits per heavy atom. The Labute approximate surface area is 191 Å². The topological polar surface area (TPSA) is 0 Å². The van der Waals surface area contributed by atoms with Crippen molar-refractivity contribution in [3.8, 4) is 23.0 Å². The van der Waals surface area contributed by atoms with Crippen LogP contribution >= 0.6 is 0 Å². The second kappa shape index (κ2) is 10.3. The highest BCUT2D eigenvalue weighted by molar-refractivity contribution is 5.85. The van der Waals surface area contributed by atoms with Crippen molar-refractivity contribution in [3.63, 3.8) is 0 Å². The van der Waals surface area contributed by atoms with Crippen molar-refractivity contribution >= 4 is 10.8 Å². The van der Waals surface area contributed by atoms with Gasteiger partial charge in [-0.15, -0.1) is 0 Å². The maximum atomic E-state index is 14.7. The van der Waals surface area contributed by atoms with E-state index in [2.05, 4.69) is 74.2 Å². The van der Waals surface area contributed by atoms with Crippen molar-refractivity contribution in [1.29, 1.82) is 0 Å². The molecule has 4 aromatic carbocycles. The molecule has 0 fully saturated rings. The molecule has 0 nitrogen and oxygen atoms in total. The summed E-state index contributed by atoms with van der Waals surface area (Å²) < 4.78 is 14.7. The van der Waals surface area contributed by atoms with Gasteiger partial charge in [-0.2, -0.15) is 0 Å². The molecule has 1 heteroatoms. The van der Waals surface area contributed by atoms with E-state index in [4.69, 9.17) is 0 Å². The second-order valence-corrected chi connectivity index (χ2v) is 8.35. The van der Waals surface area contributed by atoms with E-state index in [0.717, 1.165) is 41.3 Å². The number of rotatable bonds is 6. The molecule has 0 saturated heterocycles. The van der Waals surface area contributed by atoms with Crippen LogP contribution in [0.2, 0.25) is 0 Å². The van der Waals surface area contributed by atoms with Crippen LogP contribution in [0.15, 0.2) is 78.9 Å². The predicted octanol–water partition coefficient (Wildman–Crippen LogP) is 8.34. The number of benzene rings is 4. The fraction of sp³-hybridized carbons (Fsp3) is 0.226. The van der Waals surface area contributed by atoms with E-state index < -0.39 is 0 Å². The fourth-order valence-electron chi connectivity index (χ4n) is 4.01. The molecule has 4 aromatic rings. The molecule has 0 atom stereocenters. The molecule has 0 aliphatic heterocycles. The standard InChI is InChI=1S/C31H29F/c1-3-5-7-23-10-15-26(16-11-23)27-17-12-24(13-18-27)8-9-25-14-21-30-29(22-25)20-19-28(6-4-2)31(30)32/h10-22H,3-7H2,1-2H3. The molecule has 0 spiro atoms. The normalized spacial score (nSPS) is 10.7. The molecule has 0 unspecified atom stereocenters. The van der Waals surface area contributed by atoms with Crippen LogP contribution in [-0.4, -0.2) is 0 Å². The summed E-state index contributed by atoms with van der Waals surface area (Å²) in [5, 5.41) is 1.57. The molecule has 0 heterocycles. The first-order valence-corrected chi connectivity index (χ1v) is 11.6. The summed E-state index contributed by atoms with van der Waals surface area (Å²) >= 11 is 0. The van der Waals surface area contributed by atoms with E-state index in [0.29, 0.717) is 5.39 Å². The number of unbranched alkanes of at least 4 members (excludes halogenated alkanes) is 1. The van der Waals surface area contributed by atoms with Gasteiger partial charge < -0.3 is 0 Å². The molecule has 0 N–H and O–H groups in total. The zero-order chi connectivity index (χ0) is 22.3. The summed E-state index contributed by atoms with van der Waals surface area (Å²) in [4.78, 5) is 0. The molecule has 0 radical (unpaired) electrons. The van der Waals surface area contributed by atoms with Crippen LogP contribution < -0.4 is 0 Å². The summed E-state index contributed by atoms with van der Waals surface area (Å²) in [6, 6.07) is 26.8. The number of hydrogen-bond donors (Lipinski definition) is 0. The van der Waals surface area contributed by atoms with Crippen molar-refractivity contribution in [3.05, 3.63) is 107 Å². The summed E-state index contributed by atoms with van der Waals surface area (Å²) in [5.41, 5.74) is 6.47. The van der Waals surface area contributed by atoms with Crippen LogP contribution in [0.5, 0.6) is 0 Å². The second-order valence-electron chi connectivity index (χ2n) is 8.35. The summed E-state index contributed by atoms with van der Waals surface area (Å²) in [7, 11) is 0. The average molecular weight is 421 g/mol. The molecular weight excluding hydrogens is 391 g/mol.